The SMILES string of the molecule is CC(=O)c1ccc(NC(=O)c2ccncc2F)cc1. The third-order valence-electron chi connectivity index (χ3n) is 2.57. The number of nitrogens with one attached hydrogen (secondary N) is 1. The van der Waals surface area contributed by atoms with E-state index in [0.717, 1.165) is 6.20 Å². The maximum absolute atomic E-state index is 13.3. The van der Waals surface area contributed by atoms with Crippen LogP contribution in [0, 0.1) is 5.82 Å². The molecule has 0 spiro atoms. The summed E-state index contributed by atoms with van der Waals surface area (Å²) in [5, 5.41) is 2.55. The van der Waals surface area contributed by atoms with Crippen LogP contribution in [0.1, 0.15) is 27.6 Å². The molecule has 0 aliphatic heterocycles. The van der Waals surface area contributed by atoms with Gasteiger partial charge in [0.2, 0.25) is 0 Å². The Bertz CT molecular complexity index is 624. The zero-order chi connectivity index (χ0) is 13.8. The van der Waals surface area contributed by atoms with Crippen LogP contribution >= 0.6 is 0 Å². The van der Waals surface area contributed by atoms with Crippen molar-refractivity contribution in [3.63, 3.8) is 0 Å². The normalized spacial score (nSPS) is 10.0. The van der Waals surface area contributed by atoms with E-state index in [0.29, 0.717) is 11.3 Å². The second kappa shape index (κ2) is 5.39. The second-order valence-electron chi connectivity index (χ2n) is 3.94. The molecule has 4 nitrogen and oxygen atoms in total. The molecule has 0 aliphatic carbocycles. The average Bonchev–Trinajstić information content (AvgIpc) is 2.39. The Balaban J connectivity index is 2.15. The van der Waals surface area contributed by atoms with Crippen molar-refractivity contribution < 1.29 is 14.0 Å². The number of hydrogen-bond donors (Lipinski definition) is 1. The number of amides is 1. The average molecular weight is 258 g/mol. The van der Waals surface area contributed by atoms with E-state index in [1.807, 2.05) is 0 Å². The van der Waals surface area contributed by atoms with Crippen molar-refractivity contribution in [3.05, 3.63) is 59.7 Å². The molecule has 0 bridgehead atoms. The molecule has 2 rings (SSSR count). The van der Waals surface area contributed by atoms with Crippen molar-refractivity contribution in [2.24, 2.45) is 0 Å². The van der Waals surface area contributed by atoms with Crippen LogP contribution in [0.4, 0.5) is 10.1 Å². The number of pyridine rings is 1. The molecular weight excluding hydrogens is 247 g/mol. The molecule has 0 saturated carbocycles. The lowest BCUT2D eigenvalue weighted by molar-refractivity contribution is 0.101. The number of halogens is 1. The van der Waals surface area contributed by atoms with Gasteiger partial charge in [-0.15, -0.1) is 0 Å². The Hall–Kier alpha value is -2.56. The Morgan fingerprint density at radius 2 is 1.84 bits per heavy atom. The van der Waals surface area contributed by atoms with Crippen LogP contribution < -0.4 is 5.32 Å². The number of nitrogens with zero attached hydrogens (tertiary/aromatic N) is 1. The standard InChI is InChI=1S/C14H11FN2O2/c1-9(18)10-2-4-11(5-3-10)17-14(19)12-6-7-16-8-13(12)15/h2-8H,1H3,(H,17,19). The van der Waals surface area contributed by atoms with E-state index in [9.17, 15) is 14.0 Å². The molecular formula is C14H11FN2O2. The van der Waals surface area contributed by atoms with Gasteiger partial charge in [0.15, 0.2) is 11.6 Å². The number of aromatic nitrogens is 1. The minimum Gasteiger partial charge on any atom is -0.322 e. The predicted octanol–water partition coefficient (Wildman–Crippen LogP) is 2.68. The quantitative estimate of drug-likeness (QED) is 0.861. The fourth-order valence-corrected chi connectivity index (χ4v) is 1.55. The Morgan fingerprint density at radius 1 is 1.16 bits per heavy atom. The van der Waals surface area contributed by atoms with E-state index < -0.39 is 11.7 Å². The number of Topliss-reactive ketones (excluding diaryl/α,β-unsaturated/α-hetero) is 1. The molecule has 1 aromatic carbocycles. The largest absolute Gasteiger partial charge is 0.322 e. The summed E-state index contributed by atoms with van der Waals surface area (Å²) in [6.07, 6.45) is 2.32. The molecule has 1 aromatic heterocycles. The lowest BCUT2D eigenvalue weighted by atomic mass is 10.1. The highest BCUT2D eigenvalue weighted by molar-refractivity contribution is 6.04. The Kier molecular flexibility index (Phi) is 3.66. The number of carbonyl (C=O) groups excluding carboxylic acids is 2. The first-order valence-electron chi connectivity index (χ1n) is 5.60. The van der Waals surface area contributed by atoms with E-state index in [2.05, 4.69) is 10.3 Å². The molecule has 1 heterocycles. The lowest BCUT2D eigenvalue weighted by Gasteiger charge is -2.06. The summed E-state index contributed by atoms with van der Waals surface area (Å²) in [5.41, 5.74) is 0.963. The first kappa shape index (κ1) is 12.9. The fraction of sp³-hybridized carbons (Fsp3) is 0.0714. The summed E-state index contributed by atoms with van der Waals surface area (Å²) in [5.74, 6) is -1.30. The van der Waals surface area contributed by atoms with Crippen LogP contribution in [0.25, 0.3) is 0 Å². The van der Waals surface area contributed by atoms with Crippen LogP contribution in [0.2, 0.25) is 0 Å². The highest BCUT2D eigenvalue weighted by Crippen LogP contribution is 2.13. The monoisotopic (exact) mass is 258 g/mol. The molecule has 0 atom stereocenters. The van der Waals surface area contributed by atoms with Gasteiger partial charge in [-0.05, 0) is 37.3 Å². The molecule has 5 heteroatoms. The minimum atomic E-state index is -0.680. The van der Waals surface area contributed by atoms with Crippen LogP contribution in [0.3, 0.4) is 0 Å². The minimum absolute atomic E-state index is 0.0574. The van der Waals surface area contributed by atoms with Crippen molar-refractivity contribution in [3.8, 4) is 0 Å². The smallest absolute Gasteiger partial charge is 0.258 e. The van der Waals surface area contributed by atoms with E-state index in [1.54, 1.807) is 24.3 Å². The molecule has 96 valence electrons. The molecule has 0 fully saturated rings. The number of benzene rings is 1. The van der Waals surface area contributed by atoms with Crippen molar-refractivity contribution in [1.29, 1.82) is 0 Å². The number of carbonyl (C=O) groups is 2. The van der Waals surface area contributed by atoms with Crippen molar-refractivity contribution in [2.45, 2.75) is 6.92 Å². The first-order chi connectivity index (χ1) is 9.08. The Morgan fingerprint density at radius 3 is 2.42 bits per heavy atom. The van der Waals surface area contributed by atoms with Crippen LogP contribution in [0.5, 0.6) is 0 Å². The van der Waals surface area contributed by atoms with Gasteiger partial charge in [-0.3, -0.25) is 14.6 Å². The van der Waals surface area contributed by atoms with Gasteiger partial charge in [0.25, 0.3) is 5.91 Å². The van der Waals surface area contributed by atoms with Crippen molar-refractivity contribution >= 4 is 17.4 Å². The zero-order valence-electron chi connectivity index (χ0n) is 10.2. The molecule has 0 radical (unpaired) electrons. The van der Waals surface area contributed by atoms with E-state index in [1.165, 1.54) is 19.2 Å². The molecule has 19 heavy (non-hydrogen) atoms. The van der Waals surface area contributed by atoms with Crippen molar-refractivity contribution in [2.75, 3.05) is 5.32 Å². The molecule has 0 aliphatic rings. The summed E-state index contributed by atoms with van der Waals surface area (Å²) in [6, 6.07) is 7.68. The third kappa shape index (κ3) is 3.01. The van der Waals surface area contributed by atoms with Gasteiger partial charge in [-0.2, -0.15) is 0 Å². The van der Waals surface area contributed by atoms with E-state index in [-0.39, 0.29) is 11.3 Å². The van der Waals surface area contributed by atoms with Gasteiger partial charge in [-0.25, -0.2) is 4.39 Å². The van der Waals surface area contributed by atoms with Gasteiger partial charge in [-0.1, -0.05) is 0 Å². The summed E-state index contributed by atoms with van der Waals surface area (Å²) in [4.78, 5) is 26.5. The van der Waals surface area contributed by atoms with Gasteiger partial charge in [0.1, 0.15) is 0 Å². The summed E-state index contributed by atoms with van der Waals surface area (Å²) < 4.78 is 13.3. The highest BCUT2D eigenvalue weighted by Gasteiger charge is 2.11. The number of ketones is 1. The molecule has 1 N–H and O–H groups in total. The van der Waals surface area contributed by atoms with Crippen LogP contribution in [-0.4, -0.2) is 16.7 Å². The van der Waals surface area contributed by atoms with Gasteiger partial charge in [0.05, 0.1) is 11.8 Å². The van der Waals surface area contributed by atoms with Gasteiger partial charge in [0, 0.05) is 17.4 Å². The topological polar surface area (TPSA) is 59.1 Å². The number of rotatable bonds is 3. The second-order valence-corrected chi connectivity index (χ2v) is 3.94. The maximum atomic E-state index is 13.3. The highest BCUT2D eigenvalue weighted by atomic mass is 19.1. The van der Waals surface area contributed by atoms with Crippen LogP contribution in [-0.2, 0) is 0 Å². The van der Waals surface area contributed by atoms with Gasteiger partial charge < -0.3 is 5.32 Å². The third-order valence-corrected chi connectivity index (χ3v) is 2.57. The van der Waals surface area contributed by atoms with Crippen molar-refractivity contribution in [1.82, 2.24) is 4.98 Å². The molecule has 0 unspecified atom stereocenters. The Labute approximate surface area is 109 Å². The number of hydrogen-bond acceptors (Lipinski definition) is 3. The first-order valence-corrected chi connectivity index (χ1v) is 5.60. The van der Waals surface area contributed by atoms with E-state index in [4.69, 9.17) is 0 Å². The molecule has 0 saturated heterocycles. The number of anilines is 1. The van der Waals surface area contributed by atoms with Gasteiger partial charge >= 0.3 is 0 Å². The molecule has 1 amide bonds. The summed E-state index contributed by atoms with van der Waals surface area (Å²) in [6.45, 7) is 1.46. The maximum Gasteiger partial charge on any atom is 0.258 e. The van der Waals surface area contributed by atoms with E-state index >= 15 is 0 Å². The summed E-state index contributed by atoms with van der Waals surface area (Å²) >= 11 is 0. The lowest BCUT2D eigenvalue weighted by Crippen LogP contribution is -2.13. The zero-order valence-corrected chi connectivity index (χ0v) is 10.2. The predicted molar refractivity (Wildman–Crippen MR) is 68.6 cm³/mol. The summed E-state index contributed by atoms with van der Waals surface area (Å²) in [7, 11) is 0. The van der Waals surface area contributed by atoms with Crippen LogP contribution in [0.15, 0.2) is 42.7 Å². The fourth-order valence-electron chi connectivity index (χ4n) is 1.55. The molecule has 2 aromatic rings.